The lowest BCUT2D eigenvalue weighted by Gasteiger charge is -2.16. The summed E-state index contributed by atoms with van der Waals surface area (Å²) in [6.45, 7) is 3.11. The van der Waals surface area contributed by atoms with E-state index in [0.717, 1.165) is 11.3 Å². The zero-order valence-electron chi connectivity index (χ0n) is 11.1. The van der Waals surface area contributed by atoms with Crippen molar-refractivity contribution in [1.29, 1.82) is 0 Å². The van der Waals surface area contributed by atoms with E-state index < -0.39 is 0 Å². The van der Waals surface area contributed by atoms with Crippen LogP contribution in [0.3, 0.4) is 0 Å². The van der Waals surface area contributed by atoms with Gasteiger partial charge in [-0.1, -0.05) is 17.7 Å². The molecule has 0 saturated carbocycles. The summed E-state index contributed by atoms with van der Waals surface area (Å²) in [7, 11) is 1.79. The maximum Gasteiger partial charge on any atom is 0.254 e. The molecule has 0 bridgehead atoms. The van der Waals surface area contributed by atoms with Crippen LogP contribution in [-0.4, -0.2) is 31.0 Å². The predicted molar refractivity (Wildman–Crippen MR) is 78.0 cm³/mol. The SMILES string of the molecule is Cc1ccc(OCCN(C)C(=O)c2ccsc2)cc1. The van der Waals surface area contributed by atoms with Crippen molar-refractivity contribution in [3.05, 3.63) is 52.2 Å². The number of thiophene rings is 1. The molecule has 1 aromatic carbocycles. The molecule has 100 valence electrons. The van der Waals surface area contributed by atoms with Gasteiger partial charge in [-0.2, -0.15) is 11.3 Å². The van der Waals surface area contributed by atoms with Gasteiger partial charge in [0.15, 0.2) is 0 Å². The molecule has 1 heterocycles. The molecule has 0 unspecified atom stereocenters. The number of likely N-dealkylation sites (N-methyl/N-ethyl adjacent to an activating group) is 1. The number of ether oxygens (including phenoxy) is 1. The van der Waals surface area contributed by atoms with Crippen molar-refractivity contribution in [1.82, 2.24) is 4.90 Å². The number of carbonyl (C=O) groups excluding carboxylic acids is 1. The van der Waals surface area contributed by atoms with Gasteiger partial charge in [0.2, 0.25) is 0 Å². The fourth-order valence-electron chi connectivity index (χ4n) is 1.64. The van der Waals surface area contributed by atoms with Gasteiger partial charge in [0, 0.05) is 12.4 Å². The monoisotopic (exact) mass is 275 g/mol. The van der Waals surface area contributed by atoms with Crippen molar-refractivity contribution in [3.63, 3.8) is 0 Å². The Bertz CT molecular complexity index is 520. The Balaban J connectivity index is 1.79. The van der Waals surface area contributed by atoms with E-state index in [0.29, 0.717) is 13.2 Å². The van der Waals surface area contributed by atoms with Crippen LogP contribution < -0.4 is 4.74 Å². The normalized spacial score (nSPS) is 10.2. The lowest BCUT2D eigenvalue weighted by Crippen LogP contribution is -2.30. The second-order valence-electron chi connectivity index (χ2n) is 4.40. The van der Waals surface area contributed by atoms with Gasteiger partial charge in [-0.3, -0.25) is 4.79 Å². The van der Waals surface area contributed by atoms with Crippen molar-refractivity contribution in [2.75, 3.05) is 20.2 Å². The largest absolute Gasteiger partial charge is 0.492 e. The lowest BCUT2D eigenvalue weighted by molar-refractivity contribution is 0.0774. The summed E-state index contributed by atoms with van der Waals surface area (Å²) in [5.41, 5.74) is 1.94. The highest BCUT2D eigenvalue weighted by Gasteiger charge is 2.11. The average Bonchev–Trinajstić information content (AvgIpc) is 2.94. The third-order valence-corrected chi connectivity index (χ3v) is 3.51. The van der Waals surface area contributed by atoms with Crippen LogP contribution in [0.1, 0.15) is 15.9 Å². The maximum absolute atomic E-state index is 12.0. The average molecular weight is 275 g/mol. The minimum Gasteiger partial charge on any atom is -0.492 e. The van der Waals surface area contributed by atoms with Crippen LogP contribution in [-0.2, 0) is 0 Å². The van der Waals surface area contributed by atoms with Crippen LogP contribution in [0.2, 0.25) is 0 Å². The molecule has 0 spiro atoms. The second-order valence-corrected chi connectivity index (χ2v) is 5.18. The molecule has 0 N–H and O–H groups in total. The molecule has 0 aliphatic rings. The first kappa shape index (κ1) is 13.6. The zero-order valence-corrected chi connectivity index (χ0v) is 11.9. The van der Waals surface area contributed by atoms with E-state index in [1.807, 2.05) is 48.0 Å². The van der Waals surface area contributed by atoms with Gasteiger partial charge >= 0.3 is 0 Å². The summed E-state index contributed by atoms with van der Waals surface area (Å²) in [4.78, 5) is 13.6. The summed E-state index contributed by atoms with van der Waals surface area (Å²) in [5, 5.41) is 3.77. The van der Waals surface area contributed by atoms with E-state index >= 15 is 0 Å². The molecule has 0 aliphatic carbocycles. The molecule has 1 aromatic heterocycles. The quantitative estimate of drug-likeness (QED) is 0.838. The number of carbonyl (C=O) groups is 1. The van der Waals surface area contributed by atoms with Crippen LogP contribution in [0.25, 0.3) is 0 Å². The molecule has 0 fully saturated rings. The Kier molecular flexibility index (Phi) is 4.58. The van der Waals surface area contributed by atoms with Crippen LogP contribution in [0.4, 0.5) is 0 Å². The van der Waals surface area contributed by atoms with Crippen LogP contribution in [0.15, 0.2) is 41.1 Å². The van der Waals surface area contributed by atoms with E-state index in [-0.39, 0.29) is 5.91 Å². The molecule has 3 nitrogen and oxygen atoms in total. The van der Waals surface area contributed by atoms with Gasteiger partial charge in [-0.05, 0) is 30.5 Å². The predicted octanol–water partition coefficient (Wildman–Crippen LogP) is 3.21. The number of hydrogen-bond donors (Lipinski definition) is 0. The highest BCUT2D eigenvalue weighted by molar-refractivity contribution is 7.08. The Morgan fingerprint density at radius 3 is 2.63 bits per heavy atom. The number of amides is 1. The van der Waals surface area contributed by atoms with E-state index in [2.05, 4.69) is 0 Å². The van der Waals surface area contributed by atoms with Gasteiger partial charge in [0.1, 0.15) is 12.4 Å². The minimum atomic E-state index is 0.0359. The Labute approximate surface area is 117 Å². The van der Waals surface area contributed by atoms with E-state index in [1.165, 1.54) is 16.9 Å². The molecule has 19 heavy (non-hydrogen) atoms. The van der Waals surface area contributed by atoms with Crippen molar-refractivity contribution < 1.29 is 9.53 Å². The van der Waals surface area contributed by atoms with Gasteiger partial charge in [0.25, 0.3) is 5.91 Å². The molecule has 4 heteroatoms. The van der Waals surface area contributed by atoms with Crippen LogP contribution in [0, 0.1) is 6.92 Å². The van der Waals surface area contributed by atoms with Crippen molar-refractivity contribution in [2.45, 2.75) is 6.92 Å². The lowest BCUT2D eigenvalue weighted by atomic mass is 10.2. The number of benzene rings is 1. The second kappa shape index (κ2) is 6.38. The number of nitrogens with zero attached hydrogens (tertiary/aromatic N) is 1. The summed E-state index contributed by atoms with van der Waals surface area (Å²) in [6.07, 6.45) is 0. The van der Waals surface area contributed by atoms with Crippen molar-refractivity contribution >= 4 is 17.2 Å². The van der Waals surface area contributed by atoms with Crippen molar-refractivity contribution in [3.8, 4) is 5.75 Å². The summed E-state index contributed by atoms with van der Waals surface area (Å²) >= 11 is 1.53. The minimum absolute atomic E-state index is 0.0359. The first-order chi connectivity index (χ1) is 9.16. The molecule has 2 rings (SSSR count). The first-order valence-electron chi connectivity index (χ1n) is 6.14. The summed E-state index contributed by atoms with van der Waals surface area (Å²) < 4.78 is 5.61. The van der Waals surface area contributed by atoms with Gasteiger partial charge in [0.05, 0.1) is 12.1 Å². The van der Waals surface area contributed by atoms with Crippen LogP contribution in [0.5, 0.6) is 5.75 Å². The number of aryl methyl sites for hydroxylation is 1. The molecular formula is C15H17NO2S. The van der Waals surface area contributed by atoms with Gasteiger partial charge in [-0.25, -0.2) is 0 Å². The van der Waals surface area contributed by atoms with Crippen molar-refractivity contribution in [2.24, 2.45) is 0 Å². The number of rotatable bonds is 5. The summed E-state index contributed by atoms with van der Waals surface area (Å²) in [6, 6.07) is 9.74. The Morgan fingerprint density at radius 2 is 2.00 bits per heavy atom. The maximum atomic E-state index is 12.0. The van der Waals surface area contributed by atoms with E-state index in [4.69, 9.17) is 4.74 Å². The van der Waals surface area contributed by atoms with Crippen LogP contribution >= 0.6 is 11.3 Å². The first-order valence-corrected chi connectivity index (χ1v) is 7.08. The Hall–Kier alpha value is -1.81. The highest BCUT2D eigenvalue weighted by atomic mass is 32.1. The number of hydrogen-bond acceptors (Lipinski definition) is 3. The third-order valence-electron chi connectivity index (χ3n) is 2.83. The van der Waals surface area contributed by atoms with E-state index in [1.54, 1.807) is 11.9 Å². The Morgan fingerprint density at radius 1 is 1.26 bits per heavy atom. The molecule has 2 aromatic rings. The third kappa shape index (κ3) is 3.83. The van der Waals surface area contributed by atoms with Gasteiger partial charge in [-0.15, -0.1) is 0 Å². The molecule has 0 aliphatic heterocycles. The molecular weight excluding hydrogens is 258 g/mol. The zero-order chi connectivity index (χ0) is 13.7. The molecule has 0 radical (unpaired) electrons. The molecule has 0 saturated heterocycles. The smallest absolute Gasteiger partial charge is 0.254 e. The molecule has 1 amide bonds. The fourth-order valence-corrected chi connectivity index (χ4v) is 2.27. The summed E-state index contributed by atoms with van der Waals surface area (Å²) in [5.74, 6) is 0.871. The van der Waals surface area contributed by atoms with Gasteiger partial charge < -0.3 is 9.64 Å². The highest BCUT2D eigenvalue weighted by Crippen LogP contribution is 2.12. The topological polar surface area (TPSA) is 29.5 Å². The molecule has 0 atom stereocenters. The standard InChI is InChI=1S/C15H17NO2S/c1-12-3-5-14(6-4-12)18-9-8-16(2)15(17)13-7-10-19-11-13/h3-7,10-11H,8-9H2,1-2H3. The fraction of sp³-hybridized carbons (Fsp3) is 0.267. The van der Waals surface area contributed by atoms with E-state index in [9.17, 15) is 4.79 Å².